The third-order valence-corrected chi connectivity index (χ3v) is 3.43. The number of aryl methyl sites for hydroxylation is 1. The average molecular weight is 235 g/mol. The van der Waals surface area contributed by atoms with Crippen LogP contribution >= 0.6 is 0 Å². The monoisotopic (exact) mass is 235 g/mol. The summed E-state index contributed by atoms with van der Waals surface area (Å²) in [6.45, 7) is 0. The lowest BCUT2D eigenvalue weighted by Crippen LogP contribution is -2.38. The van der Waals surface area contributed by atoms with Crippen LogP contribution in [0.1, 0.15) is 29.9 Å². The largest absolute Gasteiger partial charge is 0.497 e. The first-order chi connectivity index (χ1) is 8.13. The van der Waals surface area contributed by atoms with Gasteiger partial charge in [0.15, 0.2) is 0 Å². The normalized spacial score (nSPS) is 20.5. The van der Waals surface area contributed by atoms with E-state index >= 15 is 0 Å². The summed E-state index contributed by atoms with van der Waals surface area (Å²) in [5.74, 6) is -0.200. The first kappa shape index (κ1) is 11.9. The van der Waals surface area contributed by atoms with Crippen LogP contribution in [0, 0.1) is 0 Å². The number of fused-ring (bicyclic) bond motifs is 1. The van der Waals surface area contributed by atoms with Gasteiger partial charge < -0.3 is 15.6 Å². The maximum Gasteiger partial charge on any atom is 0.321 e. The molecule has 0 aliphatic heterocycles. The molecule has 1 aromatic carbocycles. The highest BCUT2D eigenvalue weighted by Gasteiger charge is 2.29. The van der Waals surface area contributed by atoms with Gasteiger partial charge in [-0.1, -0.05) is 6.07 Å². The number of rotatable bonds is 3. The Kier molecular flexibility index (Phi) is 3.33. The van der Waals surface area contributed by atoms with Crippen LogP contribution in [0.2, 0.25) is 0 Å². The quantitative estimate of drug-likeness (QED) is 0.833. The molecule has 4 nitrogen and oxygen atoms in total. The Balaban J connectivity index is 2.34. The maximum atomic E-state index is 11.0. The number of hydrogen-bond acceptors (Lipinski definition) is 3. The van der Waals surface area contributed by atoms with Crippen molar-refractivity contribution in [3.8, 4) is 5.75 Å². The molecule has 2 rings (SSSR count). The fourth-order valence-corrected chi connectivity index (χ4v) is 2.50. The van der Waals surface area contributed by atoms with Gasteiger partial charge in [-0.25, -0.2) is 0 Å². The van der Waals surface area contributed by atoms with Crippen molar-refractivity contribution in [3.05, 3.63) is 29.3 Å². The van der Waals surface area contributed by atoms with Gasteiger partial charge >= 0.3 is 5.97 Å². The van der Waals surface area contributed by atoms with Crippen LogP contribution < -0.4 is 10.5 Å². The van der Waals surface area contributed by atoms with Crippen LogP contribution in [0.25, 0.3) is 0 Å². The number of nitrogens with two attached hydrogens (primary N) is 1. The molecule has 0 saturated heterocycles. The molecule has 4 heteroatoms. The standard InChI is InChI=1S/C13H17NO3/c1-17-9-5-6-10-8(7-9)3-2-4-11(10)12(14)13(15)16/h5-7,11-12H,2-4,14H2,1H3,(H,15,16). The molecule has 0 spiro atoms. The van der Waals surface area contributed by atoms with Crippen LogP contribution in [0.15, 0.2) is 18.2 Å². The minimum absolute atomic E-state index is 0.0813. The van der Waals surface area contributed by atoms with Crippen molar-refractivity contribution < 1.29 is 14.6 Å². The molecule has 1 aromatic rings. The smallest absolute Gasteiger partial charge is 0.321 e. The number of benzene rings is 1. The summed E-state index contributed by atoms with van der Waals surface area (Å²) < 4.78 is 5.18. The zero-order valence-electron chi connectivity index (χ0n) is 9.85. The minimum Gasteiger partial charge on any atom is -0.497 e. The molecule has 1 aliphatic carbocycles. The minimum atomic E-state index is -0.932. The second kappa shape index (κ2) is 4.75. The highest BCUT2D eigenvalue weighted by molar-refractivity contribution is 5.75. The highest BCUT2D eigenvalue weighted by Crippen LogP contribution is 2.35. The van der Waals surface area contributed by atoms with Crippen molar-refractivity contribution in [2.45, 2.75) is 31.2 Å². The third-order valence-electron chi connectivity index (χ3n) is 3.43. The number of hydrogen-bond donors (Lipinski definition) is 2. The molecule has 0 bridgehead atoms. The lowest BCUT2D eigenvalue weighted by atomic mass is 9.79. The second-order valence-corrected chi connectivity index (χ2v) is 4.43. The van der Waals surface area contributed by atoms with Crippen LogP contribution in [0.3, 0.4) is 0 Å². The van der Waals surface area contributed by atoms with Crippen molar-refractivity contribution in [1.29, 1.82) is 0 Å². The van der Waals surface area contributed by atoms with Crippen LogP contribution in [-0.4, -0.2) is 24.2 Å². The fourth-order valence-electron chi connectivity index (χ4n) is 2.50. The Morgan fingerprint density at radius 3 is 3.00 bits per heavy atom. The second-order valence-electron chi connectivity index (χ2n) is 4.43. The predicted molar refractivity (Wildman–Crippen MR) is 64.3 cm³/mol. The molecular formula is C13H17NO3. The number of aliphatic carboxylic acids is 1. The molecule has 0 heterocycles. The Bertz CT molecular complexity index is 431. The van der Waals surface area contributed by atoms with E-state index in [-0.39, 0.29) is 5.92 Å². The summed E-state index contributed by atoms with van der Waals surface area (Å²) in [4.78, 5) is 11.0. The van der Waals surface area contributed by atoms with Gasteiger partial charge in [-0.3, -0.25) is 4.79 Å². The zero-order chi connectivity index (χ0) is 12.4. The molecule has 0 saturated carbocycles. The van der Waals surface area contributed by atoms with E-state index in [9.17, 15) is 4.79 Å². The van der Waals surface area contributed by atoms with Crippen molar-refractivity contribution >= 4 is 5.97 Å². The zero-order valence-corrected chi connectivity index (χ0v) is 9.85. The van der Waals surface area contributed by atoms with Gasteiger partial charge in [-0.05, 0) is 42.5 Å². The van der Waals surface area contributed by atoms with E-state index in [4.69, 9.17) is 15.6 Å². The maximum absolute atomic E-state index is 11.0. The molecule has 3 N–H and O–H groups in total. The van der Waals surface area contributed by atoms with Crippen LogP contribution in [0.5, 0.6) is 5.75 Å². The Labute approximate surface area is 100 Å². The fraction of sp³-hybridized carbons (Fsp3) is 0.462. The molecule has 92 valence electrons. The lowest BCUT2D eigenvalue weighted by Gasteiger charge is -2.28. The Morgan fingerprint density at radius 1 is 1.59 bits per heavy atom. The van der Waals surface area contributed by atoms with E-state index in [1.165, 1.54) is 0 Å². The Morgan fingerprint density at radius 2 is 2.35 bits per heavy atom. The van der Waals surface area contributed by atoms with Gasteiger partial charge in [-0.15, -0.1) is 0 Å². The molecule has 1 aliphatic rings. The molecule has 0 aromatic heterocycles. The van der Waals surface area contributed by atoms with E-state index in [2.05, 4.69) is 0 Å². The predicted octanol–water partition coefficient (Wildman–Crippen LogP) is 1.53. The summed E-state index contributed by atoms with van der Waals surface area (Å²) in [5, 5.41) is 9.01. The number of ether oxygens (including phenoxy) is 1. The van der Waals surface area contributed by atoms with Crippen molar-refractivity contribution in [2.24, 2.45) is 5.73 Å². The summed E-state index contributed by atoms with van der Waals surface area (Å²) in [6, 6.07) is 4.98. The summed E-state index contributed by atoms with van der Waals surface area (Å²) in [6.07, 6.45) is 2.79. The van der Waals surface area contributed by atoms with E-state index in [1.54, 1.807) is 7.11 Å². The summed E-state index contributed by atoms with van der Waals surface area (Å²) in [7, 11) is 1.63. The van der Waals surface area contributed by atoms with Gasteiger partial charge in [-0.2, -0.15) is 0 Å². The van der Waals surface area contributed by atoms with E-state index in [1.807, 2.05) is 18.2 Å². The summed E-state index contributed by atoms with van der Waals surface area (Å²) >= 11 is 0. The SMILES string of the molecule is COc1ccc2c(c1)CCCC2C(N)C(=O)O. The van der Waals surface area contributed by atoms with Crippen LogP contribution in [-0.2, 0) is 11.2 Å². The van der Waals surface area contributed by atoms with Crippen molar-refractivity contribution in [1.82, 2.24) is 0 Å². The van der Waals surface area contributed by atoms with E-state index < -0.39 is 12.0 Å². The Hall–Kier alpha value is -1.55. The number of carboxylic acids is 1. The van der Waals surface area contributed by atoms with Crippen LogP contribution in [0.4, 0.5) is 0 Å². The molecule has 0 amide bonds. The topological polar surface area (TPSA) is 72.5 Å². The van der Waals surface area contributed by atoms with Gasteiger partial charge in [0.25, 0.3) is 0 Å². The van der Waals surface area contributed by atoms with Gasteiger partial charge in [0.05, 0.1) is 7.11 Å². The molecule has 2 atom stereocenters. The number of carboxylic acid groups (broad SMARTS) is 1. The van der Waals surface area contributed by atoms with Crippen molar-refractivity contribution in [2.75, 3.05) is 7.11 Å². The molecular weight excluding hydrogens is 218 g/mol. The highest BCUT2D eigenvalue weighted by atomic mass is 16.5. The van der Waals surface area contributed by atoms with Gasteiger partial charge in [0.2, 0.25) is 0 Å². The number of methoxy groups -OCH3 is 1. The molecule has 0 fully saturated rings. The van der Waals surface area contributed by atoms with Gasteiger partial charge in [0.1, 0.15) is 11.8 Å². The van der Waals surface area contributed by atoms with E-state index in [0.29, 0.717) is 0 Å². The van der Waals surface area contributed by atoms with Crippen molar-refractivity contribution in [3.63, 3.8) is 0 Å². The summed E-state index contributed by atoms with van der Waals surface area (Å²) in [5.41, 5.74) is 7.97. The lowest BCUT2D eigenvalue weighted by molar-refractivity contribution is -0.139. The third kappa shape index (κ3) is 2.26. The first-order valence-corrected chi connectivity index (χ1v) is 5.78. The number of carbonyl (C=O) groups is 1. The average Bonchev–Trinajstić information content (AvgIpc) is 2.36. The first-order valence-electron chi connectivity index (χ1n) is 5.78. The molecule has 17 heavy (non-hydrogen) atoms. The molecule has 2 unspecified atom stereocenters. The molecule has 0 radical (unpaired) electrons. The van der Waals surface area contributed by atoms with E-state index in [0.717, 1.165) is 36.1 Å². The van der Waals surface area contributed by atoms with Gasteiger partial charge in [0, 0.05) is 5.92 Å².